The van der Waals surface area contributed by atoms with Crippen LogP contribution in [-0.2, 0) is 0 Å². The highest BCUT2D eigenvalue weighted by molar-refractivity contribution is 8.00. The van der Waals surface area contributed by atoms with Gasteiger partial charge in [0.1, 0.15) is 0 Å². The Hall–Kier alpha value is -1.06. The van der Waals surface area contributed by atoms with Crippen molar-refractivity contribution in [2.24, 2.45) is 0 Å². The van der Waals surface area contributed by atoms with Crippen LogP contribution in [-0.4, -0.2) is 22.5 Å². The first-order chi connectivity index (χ1) is 10.4. The molecule has 1 fully saturated rings. The molecule has 1 aliphatic heterocycles. The lowest BCUT2D eigenvalue weighted by Crippen LogP contribution is -2.32. The highest BCUT2D eigenvalue weighted by Gasteiger charge is 2.25. The van der Waals surface area contributed by atoms with Gasteiger partial charge in [0, 0.05) is 22.9 Å². The fraction of sp³-hybridized carbons (Fsp3) is 0.500. The van der Waals surface area contributed by atoms with E-state index in [-0.39, 0.29) is 0 Å². The second-order valence-electron chi connectivity index (χ2n) is 5.79. The predicted octanol–water partition coefficient (Wildman–Crippen LogP) is 4.56. The van der Waals surface area contributed by atoms with E-state index in [2.05, 4.69) is 53.3 Å². The van der Waals surface area contributed by atoms with E-state index in [0.717, 1.165) is 12.1 Å². The maximum Gasteiger partial charge on any atom is 0.0702 e. The largest absolute Gasteiger partial charge is 0.309 e. The molecule has 3 rings (SSSR count). The van der Waals surface area contributed by atoms with E-state index in [1.807, 2.05) is 12.3 Å². The maximum absolute atomic E-state index is 4.43. The van der Waals surface area contributed by atoms with Crippen LogP contribution in [0.2, 0.25) is 0 Å². The highest BCUT2D eigenvalue weighted by Crippen LogP contribution is 2.35. The van der Waals surface area contributed by atoms with Crippen molar-refractivity contribution < 1.29 is 0 Å². The van der Waals surface area contributed by atoms with Crippen LogP contribution in [0.4, 0.5) is 0 Å². The Morgan fingerprint density at radius 3 is 3.10 bits per heavy atom. The van der Waals surface area contributed by atoms with Crippen molar-refractivity contribution in [1.29, 1.82) is 0 Å². The van der Waals surface area contributed by atoms with Crippen molar-refractivity contribution in [3.63, 3.8) is 0 Å². The minimum Gasteiger partial charge on any atom is -0.309 e. The topological polar surface area (TPSA) is 24.9 Å². The van der Waals surface area contributed by atoms with Gasteiger partial charge in [0.05, 0.1) is 5.52 Å². The van der Waals surface area contributed by atoms with Gasteiger partial charge in [-0.3, -0.25) is 4.98 Å². The van der Waals surface area contributed by atoms with Crippen molar-refractivity contribution >= 4 is 22.7 Å². The molecule has 1 saturated heterocycles. The minimum atomic E-state index is 0.472. The molecule has 1 aromatic heterocycles. The fourth-order valence-corrected chi connectivity index (χ4v) is 4.53. The Bertz CT molecular complexity index is 578. The minimum absolute atomic E-state index is 0.472. The lowest BCUT2D eigenvalue weighted by molar-refractivity contribution is 0.479. The first kappa shape index (κ1) is 14.9. The van der Waals surface area contributed by atoms with Crippen molar-refractivity contribution in [2.75, 3.05) is 12.3 Å². The number of nitrogens with one attached hydrogen (secondary N) is 1. The van der Waals surface area contributed by atoms with Gasteiger partial charge in [-0.1, -0.05) is 25.5 Å². The Labute approximate surface area is 131 Å². The lowest BCUT2D eigenvalue weighted by Gasteiger charge is -2.31. The summed E-state index contributed by atoms with van der Waals surface area (Å²) in [6.45, 7) is 3.33. The molecule has 112 valence electrons. The SMILES string of the molecule is CCCNC(c1ccc2ncccc2c1)C1CCCCS1. The van der Waals surface area contributed by atoms with Crippen LogP contribution < -0.4 is 5.32 Å². The molecule has 1 aliphatic rings. The smallest absolute Gasteiger partial charge is 0.0702 e. The molecule has 2 nitrogen and oxygen atoms in total. The van der Waals surface area contributed by atoms with E-state index in [1.54, 1.807) is 0 Å². The summed E-state index contributed by atoms with van der Waals surface area (Å²) in [6.07, 6.45) is 7.13. The van der Waals surface area contributed by atoms with E-state index in [9.17, 15) is 0 Å². The van der Waals surface area contributed by atoms with E-state index in [4.69, 9.17) is 0 Å². The number of aromatic nitrogens is 1. The van der Waals surface area contributed by atoms with Crippen LogP contribution in [0.5, 0.6) is 0 Å². The van der Waals surface area contributed by atoms with Gasteiger partial charge in [0.15, 0.2) is 0 Å². The highest BCUT2D eigenvalue weighted by atomic mass is 32.2. The third-order valence-corrected chi connectivity index (χ3v) is 5.65. The van der Waals surface area contributed by atoms with Gasteiger partial charge in [0.2, 0.25) is 0 Å². The van der Waals surface area contributed by atoms with Crippen LogP contribution >= 0.6 is 11.8 Å². The summed E-state index contributed by atoms with van der Waals surface area (Å²) >= 11 is 2.14. The molecular formula is C18H24N2S. The monoisotopic (exact) mass is 300 g/mol. The summed E-state index contributed by atoms with van der Waals surface area (Å²) in [7, 11) is 0. The van der Waals surface area contributed by atoms with Crippen molar-refractivity contribution in [3.8, 4) is 0 Å². The molecule has 2 atom stereocenters. The molecule has 1 aromatic carbocycles. The molecule has 2 aromatic rings. The second kappa shape index (κ2) is 7.28. The first-order valence-corrected chi connectivity index (χ1v) is 9.13. The van der Waals surface area contributed by atoms with Gasteiger partial charge in [-0.05, 0) is 55.3 Å². The standard InChI is InChI=1S/C18H24N2S/c1-2-10-20-18(17-7-3-4-12-21-17)15-8-9-16-14(13-15)6-5-11-19-16/h5-6,8-9,11,13,17-18,20H,2-4,7,10,12H2,1H3. The number of benzene rings is 1. The quantitative estimate of drug-likeness (QED) is 0.876. The Kier molecular flexibility index (Phi) is 5.15. The van der Waals surface area contributed by atoms with E-state index < -0.39 is 0 Å². The average Bonchev–Trinajstić information content (AvgIpc) is 2.56. The summed E-state index contributed by atoms with van der Waals surface area (Å²) in [4.78, 5) is 4.43. The van der Waals surface area contributed by atoms with Gasteiger partial charge in [-0.2, -0.15) is 11.8 Å². The van der Waals surface area contributed by atoms with Crippen LogP contribution in [0.15, 0.2) is 36.5 Å². The second-order valence-corrected chi connectivity index (χ2v) is 7.14. The van der Waals surface area contributed by atoms with E-state index >= 15 is 0 Å². The summed E-state index contributed by atoms with van der Waals surface area (Å²) in [5.41, 5.74) is 2.51. The van der Waals surface area contributed by atoms with Crippen molar-refractivity contribution in [2.45, 2.75) is 43.9 Å². The fourth-order valence-electron chi connectivity index (χ4n) is 3.08. The molecule has 0 amide bonds. The molecule has 0 radical (unpaired) electrons. The van der Waals surface area contributed by atoms with Gasteiger partial charge < -0.3 is 5.32 Å². The number of rotatable bonds is 5. The Morgan fingerprint density at radius 2 is 2.29 bits per heavy atom. The third-order valence-electron chi connectivity index (χ3n) is 4.19. The Morgan fingerprint density at radius 1 is 1.33 bits per heavy atom. The van der Waals surface area contributed by atoms with E-state index in [0.29, 0.717) is 11.3 Å². The normalized spacial score (nSPS) is 20.5. The van der Waals surface area contributed by atoms with Gasteiger partial charge in [-0.25, -0.2) is 0 Å². The molecular weight excluding hydrogens is 276 g/mol. The molecule has 3 heteroatoms. The zero-order valence-corrected chi connectivity index (χ0v) is 13.5. The molecule has 0 spiro atoms. The summed E-state index contributed by atoms with van der Waals surface area (Å²) in [5.74, 6) is 1.31. The molecule has 0 bridgehead atoms. The zero-order chi connectivity index (χ0) is 14.5. The van der Waals surface area contributed by atoms with Crippen molar-refractivity contribution in [1.82, 2.24) is 10.3 Å². The molecule has 0 aliphatic carbocycles. The molecule has 0 saturated carbocycles. The first-order valence-electron chi connectivity index (χ1n) is 8.08. The number of fused-ring (bicyclic) bond motifs is 1. The number of hydrogen-bond acceptors (Lipinski definition) is 3. The predicted molar refractivity (Wildman–Crippen MR) is 92.9 cm³/mol. The summed E-state index contributed by atoms with van der Waals surface area (Å²) < 4.78 is 0. The maximum atomic E-state index is 4.43. The van der Waals surface area contributed by atoms with E-state index in [1.165, 1.54) is 42.4 Å². The molecule has 2 heterocycles. The Balaban J connectivity index is 1.88. The number of nitrogens with zero attached hydrogens (tertiary/aromatic N) is 1. The number of hydrogen-bond donors (Lipinski definition) is 1. The van der Waals surface area contributed by atoms with Gasteiger partial charge in [-0.15, -0.1) is 0 Å². The summed E-state index contributed by atoms with van der Waals surface area (Å²) in [6, 6.07) is 11.4. The molecule has 1 N–H and O–H groups in total. The number of pyridine rings is 1. The summed E-state index contributed by atoms with van der Waals surface area (Å²) in [5, 5.41) is 5.74. The van der Waals surface area contributed by atoms with Crippen LogP contribution in [0.1, 0.15) is 44.2 Å². The zero-order valence-electron chi connectivity index (χ0n) is 12.7. The average molecular weight is 300 g/mol. The lowest BCUT2D eigenvalue weighted by atomic mass is 9.97. The van der Waals surface area contributed by atoms with Gasteiger partial charge >= 0.3 is 0 Å². The third kappa shape index (κ3) is 3.58. The molecule has 21 heavy (non-hydrogen) atoms. The van der Waals surface area contributed by atoms with Crippen molar-refractivity contribution in [3.05, 3.63) is 42.1 Å². The van der Waals surface area contributed by atoms with Crippen LogP contribution in [0.25, 0.3) is 10.9 Å². The molecule has 2 unspecified atom stereocenters. The van der Waals surface area contributed by atoms with Crippen LogP contribution in [0, 0.1) is 0 Å². The van der Waals surface area contributed by atoms with Crippen LogP contribution in [0.3, 0.4) is 0 Å². The van der Waals surface area contributed by atoms with Gasteiger partial charge in [0.25, 0.3) is 0 Å². The number of thioether (sulfide) groups is 1.